The molecule has 1 fully saturated rings. The Morgan fingerprint density at radius 1 is 1.56 bits per heavy atom. The summed E-state index contributed by atoms with van der Waals surface area (Å²) in [5, 5.41) is 8.02. The lowest BCUT2D eigenvalue weighted by Gasteiger charge is -2.29. The van der Waals surface area contributed by atoms with Gasteiger partial charge in [-0.3, -0.25) is 4.68 Å². The molecule has 1 aromatic rings. The van der Waals surface area contributed by atoms with E-state index in [-0.39, 0.29) is 0 Å². The summed E-state index contributed by atoms with van der Waals surface area (Å²) in [4.78, 5) is 0. The van der Waals surface area contributed by atoms with E-state index in [4.69, 9.17) is 0 Å². The van der Waals surface area contributed by atoms with Crippen molar-refractivity contribution >= 4 is 15.9 Å². The third-order valence-corrected chi connectivity index (χ3v) is 3.77. The topological polar surface area (TPSA) is 29.9 Å². The number of nitrogens with zero attached hydrogens (tertiary/aromatic N) is 2. The molecule has 0 aliphatic heterocycles. The molecule has 1 unspecified atom stereocenters. The number of nitrogens with one attached hydrogen (secondary N) is 1. The molecule has 16 heavy (non-hydrogen) atoms. The van der Waals surface area contributed by atoms with Crippen molar-refractivity contribution in [2.24, 2.45) is 0 Å². The Bertz CT molecular complexity index is 342. The van der Waals surface area contributed by atoms with Crippen LogP contribution in [0.25, 0.3) is 0 Å². The van der Waals surface area contributed by atoms with Crippen LogP contribution in [0.4, 0.5) is 0 Å². The zero-order valence-electron chi connectivity index (χ0n) is 10.0. The Hall–Kier alpha value is -0.350. The van der Waals surface area contributed by atoms with Crippen molar-refractivity contribution < 1.29 is 0 Å². The van der Waals surface area contributed by atoms with Gasteiger partial charge < -0.3 is 5.32 Å². The summed E-state index contributed by atoms with van der Waals surface area (Å²) in [7, 11) is 0. The van der Waals surface area contributed by atoms with Gasteiger partial charge in [0.15, 0.2) is 0 Å². The molecule has 0 spiro atoms. The predicted molar refractivity (Wildman–Crippen MR) is 69.4 cm³/mol. The van der Waals surface area contributed by atoms with Crippen LogP contribution < -0.4 is 5.32 Å². The largest absolute Gasteiger partial charge is 0.307 e. The number of hydrogen-bond acceptors (Lipinski definition) is 2. The van der Waals surface area contributed by atoms with Crippen LogP contribution in [0.1, 0.15) is 39.5 Å². The molecule has 4 heteroatoms. The SMILES string of the molecule is CC(Cn1cc(Br)cn1)NC1(C)CCCC1. The van der Waals surface area contributed by atoms with E-state index in [2.05, 4.69) is 40.2 Å². The third kappa shape index (κ3) is 3.08. The van der Waals surface area contributed by atoms with E-state index in [1.54, 1.807) is 0 Å². The van der Waals surface area contributed by atoms with Crippen LogP contribution in [-0.4, -0.2) is 21.4 Å². The molecular weight excluding hydrogens is 266 g/mol. The lowest BCUT2D eigenvalue weighted by atomic mass is 9.99. The first-order valence-corrected chi connectivity index (χ1v) is 6.82. The second-order valence-electron chi connectivity index (χ2n) is 5.19. The van der Waals surface area contributed by atoms with Gasteiger partial charge in [0.05, 0.1) is 17.2 Å². The maximum absolute atomic E-state index is 4.28. The summed E-state index contributed by atoms with van der Waals surface area (Å²) in [5.74, 6) is 0. The van der Waals surface area contributed by atoms with E-state index in [0.29, 0.717) is 11.6 Å². The van der Waals surface area contributed by atoms with Crippen LogP contribution in [0.5, 0.6) is 0 Å². The Morgan fingerprint density at radius 2 is 2.25 bits per heavy atom. The predicted octanol–water partition coefficient (Wildman–Crippen LogP) is 2.96. The molecule has 3 nitrogen and oxygen atoms in total. The first-order valence-electron chi connectivity index (χ1n) is 6.03. The van der Waals surface area contributed by atoms with Crippen LogP contribution in [-0.2, 0) is 6.54 Å². The van der Waals surface area contributed by atoms with Crippen molar-refractivity contribution in [3.8, 4) is 0 Å². The van der Waals surface area contributed by atoms with Crippen molar-refractivity contribution in [2.45, 2.75) is 57.7 Å². The van der Waals surface area contributed by atoms with Gasteiger partial charge in [0.25, 0.3) is 0 Å². The van der Waals surface area contributed by atoms with E-state index in [1.165, 1.54) is 25.7 Å². The van der Waals surface area contributed by atoms with Crippen LogP contribution in [0.3, 0.4) is 0 Å². The molecule has 2 rings (SSSR count). The Balaban J connectivity index is 1.86. The summed E-state index contributed by atoms with van der Waals surface area (Å²) in [6.07, 6.45) is 9.20. The highest BCUT2D eigenvalue weighted by atomic mass is 79.9. The minimum absolute atomic E-state index is 0.351. The third-order valence-electron chi connectivity index (χ3n) is 3.36. The van der Waals surface area contributed by atoms with Gasteiger partial charge in [-0.25, -0.2) is 0 Å². The smallest absolute Gasteiger partial charge is 0.0632 e. The van der Waals surface area contributed by atoms with E-state index in [0.717, 1.165) is 11.0 Å². The minimum Gasteiger partial charge on any atom is -0.307 e. The molecule has 0 bridgehead atoms. The summed E-state index contributed by atoms with van der Waals surface area (Å²) in [6.45, 7) is 5.51. The zero-order chi connectivity index (χ0) is 11.6. The Labute approximate surface area is 106 Å². The molecule has 1 atom stereocenters. The minimum atomic E-state index is 0.351. The molecule has 0 aromatic carbocycles. The van der Waals surface area contributed by atoms with Gasteiger partial charge in [0.1, 0.15) is 0 Å². The van der Waals surface area contributed by atoms with Crippen LogP contribution in [0.15, 0.2) is 16.9 Å². The van der Waals surface area contributed by atoms with Gasteiger partial charge in [-0.1, -0.05) is 12.8 Å². The molecule has 1 heterocycles. The van der Waals surface area contributed by atoms with Gasteiger partial charge >= 0.3 is 0 Å². The summed E-state index contributed by atoms with van der Waals surface area (Å²) < 4.78 is 3.03. The number of aromatic nitrogens is 2. The van der Waals surface area contributed by atoms with Crippen molar-refractivity contribution in [2.75, 3.05) is 0 Å². The fourth-order valence-electron chi connectivity index (χ4n) is 2.66. The van der Waals surface area contributed by atoms with Crippen LogP contribution in [0, 0.1) is 0 Å². The van der Waals surface area contributed by atoms with Crippen LogP contribution in [0.2, 0.25) is 0 Å². The van der Waals surface area contributed by atoms with Gasteiger partial charge in [0.2, 0.25) is 0 Å². The second kappa shape index (κ2) is 4.88. The summed E-state index contributed by atoms with van der Waals surface area (Å²) in [5.41, 5.74) is 0.351. The highest BCUT2D eigenvalue weighted by Gasteiger charge is 2.29. The molecule has 0 saturated heterocycles. The van der Waals surface area contributed by atoms with Crippen molar-refractivity contribution in [3.63, 3.8) is 0 Å². The van der Waals surface area contributed by atoms with Gasteiger partial charge in [-0.2, -0.15) is 5.10 Å². The van der Waals surface area contributed by atoms with E-state index < -0.39 is 0 Å². The lowest BCUT2D eigenvalue weighted by molar-refractivity contribution is 0.301. The average Bonchev–Trinajstić information content (AvgIpc) is 2.75. The Morgan fingerprint density at radius 3 is 2.81 bits per heavy atom. The zero-order valence-corrected chi connectivity index (χ0v) is 11.6. The molecule has 90 valence electrons. The number of hydrogen-bond donors (Lipinski definition) is 1. The first kappa shape index (κ1) is 12.1. The molecule has 1 N–H and O–H groups in total. The number of halogens is 1. The van der Waals surface area contributed by atoms with E-state index >= 15 is 0 Å². The van der Waals surface area contributed by atoms with E-state index in [9.17, 15) is 0 Å². The standard InChI is InChI=1S/C12H20BrN3/c1-10(8-16-9-11(13)7-14-16)15-12(2)5-3-4-6-12/h7,9-10,15H,3-6,8H2,1-2H3. The highest BCUT2D eigenvalue weighted by molar-refractivity contribution is 9.10. The molecule has 1 saturated carbocycles. The molecule has 1 aromatic heterocycles. The van der Waals surface area contributed by atoms with Crippen molar-refractivity contribution in [1.82, 2.24) is 15.1 Å². The fraction of sp³-hybridized carbons (Fsp3) is 0.750. The van der Waals surface area contributed by atoms with E-state index in [1.807, 2.05) is 17.1 Å². The Kier molecular flexibility index (Phi) is 3.70. The molecular formula is C12H20BrN3. The summed E-state index contributed by atoms with van der Waals surface area (Å²) >= 11 is 3.42. The average molecular weight is 286 g/mol. The number of rotatable bonds is 4. The van der Waals surface area contributed by atoms with Crippen molar-refractivity contribution in [3.05, 3.63) is 16.9 Å². The summed E-state index contributed by atoms with van der Waals surface area (Å²) in [6, 6.07) is 0.467. The fourth-order valence-corrected chi connectivity index (χ4v) is 2.99. The monoisotopic (exact) mass is 285 g/mol. The maximum atomic E-state index is 4.28. The molecule has 0 amide bonds. The first-order chi connectivity index (χ1) is 7.57. The van der Waals surface area contributed by atoms with Gasteiger partial charge in [-0.05, 0) is 42.6 Å². The maximum Gasteiger partial charge on any atom is 0.0632 e. The quantitative estimate of drug-likeness (QED) is 0.922. The second-order valence-corrected chi connectivity index (χ2v) is 6.11. The molecule has 1 aliphatic rings. The van der Waals surface area contributed by atoms with Crippen LogP contribution >= 0.6 is 15.9 Å². The lowest BCUT2D eigenvalue weighted by Crippen LogP contribution is -2.46. The molecule has 0 radical (unpaired) electrons. The highest BCUT2D eigenvalue weighted by Crippen LogP contribution is 2.29. The van der Waals surface area contributed by atoms with Gasteiger partial charge in [0, 0.05) is 17.8 Å². The van der Waals surface area contributed by atoms with Gasteiger partial charge in [-0.15, -0.1) is 0 Å². The normalized spacial score (nSPS) is 21.2. The molecule has 1 aliphatic carbocycles. The van der Waals surface area contributed by atoms with Crippen molar-refractivity contribution in [1.29, 1.82) is 0 Å².